The molecule has 0 unspecified atom stereocenters. The Kier molecular flexibility index (Phi) is 11.2. The van der Waals surface area contributed by atoms with E-state index in [1.54, 1.807) is 0 Å². The van der Waals surface area contributed by atoms with Crippen LogP contribution in [-0.4, -0.2) is 9.97 Å². The summed E-state index contributed by atoms with van der Waals surface area (Å²) in [6, 6.07) is 31.0. The Hall–Kier alpha value is -6.16. The fourth-order valence-corrected chi connectivity index (χ4v) is 9.85. The number of hydrogen-bond acceptors (Lipinski definition) is 2. The minimum atomic E-state index is 0. The first kappa shape index (κ1) is 41.6. The van der Waals surface area contributed by atoms with Gasteiger partial charge in [-0.1, -0.05) is 108 Å². The van der Waals surface area contributed by atoms with Gasteiger partial charge in [-0.3, -0.25) is 0 Å². The van der Waals surface area contributed by atoms with E-state index in [-0.39, 0.29) is 19.5 Å². The van der Waals surface area contributed by atoms with Crippen LogP contribution in [0.4, 0.5) is 0 Å². The van der Waals surface area contributed by atoms with Gasteiger partial charge in [0.1, 0.15) is 0 Å². The topological polar surface area (TPSA) is 54.0 Å². The fraction of sp³-hybridized carbons (Fsp3) is 0.179. The quantitative estimate of drug-likeness (QED) is 0.124. The normalized spacial score (nSPS) is 11.9. The van der Waals surface area contributed by atoms with Crippen molar-refractivity contribution in [1.29, 1.82) is 0 Å². The molecule has 0 fully saturated rings. The number of nitrogens with zero attached hydrogens (tertiary/aromatic N) is 4. The van der Waals surface area contributed by atoms with Gasteiger partial charge in [0.25, 0.3) is 0 Å². The maximum atomic E-state index is 5.57. The first-order valence-electron chi connectivity index (χ1n) is 20.9. The van der Waals surface area contributed by atoms with Gasteiger partial charge < -0.3 is 9.97 Å². The van der Waals surface area contributed by atoms with Gasteiger partial charge in [0.2, 0.25) is 0 Å². The molecule has 4 aromatic carbocycles. The number of aromatic nitrogens is 4. The molecule has 0 aliphatic carbocycles. The number of hydrogen-bond donors (Lipinski definition) is 0. The molecular weight excluding hydrogens is 794 g/mol. The summed E-state index contributed by atoms with van der Waals surface area (Å²) in [7, 11) is 0. The summed E-state index contributed by atoms with van der Waals surface area (Å²) in [5, 5.41) is 0. The van der Waals surface area contributed by atoms with Crippen LogP contribution >= 0.6 is 0 Å². The van der Waals surface area contributed by atoms with Gasteiger partial charge in [0, 0.05) is 0 Å². The van der Waals surface area contributed by atoms with Crippen molar-refractivity contribution in [1.82, 2.24) is 19.9 Å². The zero-order valence-electron chi connectivity index (χ0n) is 36.9. The van der Waals surface area contributed by atoms with Crippen LogP contribution < -0.4 is 9.97 Å². The average Bonchev–Trinajstić information content (AvgIpc) is 4.02. The van der Waals surface area contributed by atoms with Crippen LogP contribution in [-0.2, 0) is 25.9 Å². The monoisotopic (exact) mass is 842 g/mol. The van der Waals surface area contributed by atoms with E-state index < -0.39 is 0 Å². The molecule has 61 heavy (non-hydrogen) atoms. The van der Waals surface area contributed by atoms with E-state index in [0.29, 0.717) is 0 Å². The zero-order chi connectivity index (χ0) is 42.0. The number of rotatable bonds is 6. The molecule has 0 atom stereocenters. The third-order valence-electron chi connectivity index (χ3n) is 12.0. The summed E-state index contributed by atoms with van der Waals surface area (Å²) in [4.78, 5) is 22.2. The van der Waals surface area contributed by atoms with E-state index >= 15 is 0 Å². The van der Waals surface area contributed by atoms with Gasteiger partial charge in [0.15, 0.2) is 0 Å². The Morgan fingerprint density at radius 3 is 1.02 bits per heavy atom. The van der Waals surface area contributed by atoms with Crippen molar-refractivity contribution in [3.8, 4) is 44.5 Å². The number of allylic oxidation sites excluding steroid dienone is 1. The molecule has 2 aliphatic rings. The maximum Gasteiger partial charge on any atom is 2.00 e. The second-order valence-corrected chi connectivity index (χ2v) is 16.9. The van der Waals surface area contributed by atoms with Crippen LogP contribution in [0, 0.1) is 62.3 Å². The third kappa shape index (κ3) is 7.51. The number of aryl methyl sites for hydroxylation is 9. The van der Waals surface area contributed by atoms with Crippen molar-refractivity contribution in [2.24, 2.45) is 0 Å². The summed E-state index contributed by atoms with van der Waals surface area (Å²) in [6.45, 7) is 23.7. The van der Waals surface area contributed by atoms with Crippen LogP contribution in [0.5, 0.6) is 0 Å². The van der Waals surface area contributed by atoms with E-state index in [0.717, 1.165) is 95.8 Å². The molecule has 2 aliphatic heterocycles. The smallest absolute Gasteiger partial charge is 0.657 e. The standard InChI is InChI=1S/C56H50N4.Zn/c1-11-12-40-13-15-41(16-14-40)53-42-17-19-44(57-42)54(50-34(5)25-31(2)26-35(50)6)46-21-23-48(59-46)56(52-38(9)29-33(4)30-39(52)10)49-24-22-47(60-49)55(45-20-18-43(53)58-45)51-36(7)27-32(3)28-37(51)8;/h11,13-30H,1,12H2,2-10H3;/q-2;+2. The fourth-order valence-electron chi connectivity index (χ4n) is 9.85. The molecule has 9 rings (SSSR count). The van der Waals surface area contributed by atoms with Gasteiger partial charge >= 0.3 is 19.5 Å². The van der Waals surface area contributed by atoms with E-state index in [2.05, 4.69) is 178 Å². The Morgan fingerprint density at radius 1 is 0.410 bits per heavy atom. The molecule has 296 valence electrons. The van der Waals surface area contributed by atoms with E-state index in [1.165, 1.54) is 55.6 Å². The molecule has 0 amide bonds. The molecule has 0 N–H and O–H groups in total. The van der Waals surface area contributed by atoms with E-state index in [4.69, 9.17) is 19.9 Å². The van der Waals surface area contributed by atoms with Gasteiger partial charge in [-0.25, -0.2) is 9.97 Å². The Labute approximate surface area is 373 Å². The van der Waals surface area contributed by atoms with Crippen molar-refractivity contribution < 1.29 is 19.5 Å². The van der Waals surface area contributed by atoms with Crippen LogP contribution in [0.1, 0.15) is 78.4 Å². The predicted octanol–water partition coefficient (Wildman–Crippen LogP) is 14.1. The maximum absolute atomic E-state index is 5.57. The molecule has 5 heteroatoms. The molecule has 0 saturated heterocycles. The SMILES string of the molecule is C=CCc1ccc(-c2c3nc(c(-c4c(C)cc(C)cc4C)c4ccc([n-]4)c(-c4c(C)cc(C)cc4C)c4nc(c(-c5c(C)cc(C)cc5C)c5ccc2[n-]5)C=C4)C=C3)cc1.[Zn+2]. The molecule has 5 heterocycles. The second-order valence-electron chi connectivity index (χ2n) is 16.9. The van der Waals surface area contributed by atoms with Crippen LogP contribution in [0.2, 0.25) is 0 Å². The predicted molar refractivity (Wildman–Crippen MR) is 255 cm³/mol. The number of fused-ring (bicyclic) bond motifs is 8. The molecule has 7 aromatic rings. The number of benzene rings is 4. The molecule has 0 spiro atoms. The zero-order valence-corrected chi connectivity index (χ0v) is 39.8. The van der Waals surface area contributed by atoms with Gasteiger partial charge in [-0.05, 0) is 176 Å². The second kappa shape index (κ2) is 16.4. The first-order chi connectivity index (χ1) is 28.9. The first-order valence-corrected chi connectivity index (χ1v) is 20.9. The van der Waals surface area contributed by atoms with Crippen LogP contribution in [0.25, 0.3) is 90.9 Å². The minimum Gasteiger partial charge on any atom is -0.657 e. The molecule has 4 nitrogen and oxygen atoms in total. The van der Waals surface area contributed by atoms with Crippen LogP contribution in [0.3, 0.4) is 0 Å². The Morgan fingerprint density at radius 2 is 0.705 bits per heavy atom. The molecule has 8 bridgehead atoms. The molecular formula is C56H50N4Zn. The summed E-state index contributed by atoms with van der Waals surface area (Å²) in [5.41, 5.74) is 27.6. The summed E-state index contributed by atoms with van der Waals surface area (Å²) >= 11 is 0. The van der Waals surface area contributed by atoms with Gasteiger partial charge in [-0.15, -0.1) is 28.6 Å². The summed E-state index contributed by atoms with van der Waals surface area (Å²) in [5.74, 6) is 0. The summed E-state index contributed by atoms with van der Waals surface area (Å²) < 4.78 is 0. The van der Waals surface area contributed by atoms with Crippen molar-refractivity contribution in [3.05, 3.63) is 176 Å². The average molecular weight is 844 g/mol. The van der Waals surface area contributed by atoms with Crippen LogP contribution in [0.15, 0.2) is 97.6 Å². The molecule has 0 saturated carbocycles. The summed E-state index contributed by atoms with van der Waals surface area (Å²) in [6.07, 6.45) is 11.4. The third-order valence-corrected chi connectivity index (χ3v) is 12.0. The molecule has 3 aromatic heterocycles. The van der Waals surface area contributed by atoms with Gasteiger partial charge in [-0.2, -0.15) is 0 Å². The van der Waals surface area contributed by atoms with E-state index in [9.17, 15) is 0 Å². The minimum absolute atomic E-state index is 0. The van der Waals surface area contributed by atoms with Crippen molar-refractivity contribution in [3.63, 3.8) is 0 Å². The molecule has 0 radical (unpaired) electrons. The van der Waals surface area contributed by atoms with Crippen molar-refractivity contribution in [2.75, 3.05) is 0 Å². The van der Waals surface area contributed by atoms with Crippen molar-refractivity contribution >= 4 is 46.4 Å². The largest absolute Gasteiger partial charge is 2.00 e. The van der Waals surface area contributed by atoms with Gasteiger partial charge in [0.05, 0.1) is 22.8 Å². The van der Waals surface area contributed by atoms with E-state index in [1.807, 2.05) is 6.08 Å². The van der Waals surface area contributed by atoms with Crippen molar-refractivity contribution in [2.45, 2.75) is 68.7 Å². The Bertz CT molecular complexity index is 3040. The Balaban J connectivity index is 0.00000514.